The average molecular weight is 319 g/mol. The van der Waals surface area contributed by atoms with Gasteiger partial charge in [0.2, 0.25) is 5.91 Å². The van der Waals surface area contributed by atoms with Crippen molar-refractivity contribution in [2.45, 2.75) is 20.8 Å². The number of hydrogen-bond donors (Lipinski definition) is 0. The topological polar surface area (TPSA) is 36.0 Å². The minimum absolute atomic E-state index is 0.234. The summed E-state index contributed by atoms with van der Waals surface area (Å²) in [6, 6.07) is 8.19. The highest BCUT2D eigenvalue weighted by molar-refractivity contribution is 5.78. The molecule has 1 aromatic carbocycles. The first kappa shape index (κ1) is 17.6. The first-order valence-corrected chi connectivity index (χ1v) is 8.66. The number of para-hydroxylation sites is 2. The zero-order valence-corrected chi connectivity index (χ0v) is 14.6. The first-order chi connectivity index (χ1) is 11.2. The van der Waals surface area contributed by atoms with Crippen LogP contribution in [-0.4, -0.2) is 68.1 Å². The summed E-state index contributed by atoms with van der Waals surface area (Å²) < 4.78 is 5.73. The molecule has 1 amide bonds. The molecule has 2 rings (SSSR count). The standard InChI is InChI=1S/C18H29N3O2/c1-4-20(5-2)18(22)15-19-11-13-21(14-12-19)16-9-7-8-10-17(16)23-6-3/h7-10H,4-6,11-15H2,1-3H3. The maximum absolute atomic E-state index is 12.2. The second-order valence-electron chi connectivity index (χ2n) is 5.73. The Morgan fingerprint density at radius 2 is 1.74 bits per heavy atom. The molecule has 0 atom stereocenters. The summed E-state index contributed by atoms with van der Waals surface area (Å²) in [5.74, 6) is 1.18. The van der Waals surface area contributed by atoms with Gasteiger partial charge in [0.05, 0.1) is 18.8 Å². The van der Waals surface area contributed by atoms with E-state index in [1.54, 1.807) is 0 Å². The lowest BCUT2D eigenvalue weighted by Crippen LogP contribution is -2.50. The summed E-state index contributed by atoms with van der Waals surface area (Å²) in [6.45, 7) is 12.5. The Bertz CT molecular complexity index is 495. The Morgan fingerprint density at radius 3 is 2.35 bits per heavy atom. The van der Waals surface area contributed by atoms with Crippen LogP contribution in [-0.2, 0) is 4.79 Å². The number of benzene rings is 1. The van der Waals surface area contributed by atoms with Crippen molar-refractivity contribution in [2.75, 3.05) is 57.3 Å². The molecule has 1 aliphatic rings. The maximum Gasteiger partial charge on any atom is 0.236 e. The molecule has 0 unspecified atom stereocenters. The molecular formula is C18H29N3O2. The highest BCUT2D eigenvalue weighted by Gasteiger charge is 2.22. The minimum Gasteiger partial charge on any atom is -0.492 e. The number of carbonyl (C=O) groups excluding carboxylic acids is 1. The largest absolute Gasteiger partial charge is 0.492 e. The monoisotopic (exact) mass is 319 g/mol. The van der Waals surface area contributed by atoms with Crippen molar-refractivity contribution >= 4 is 11.6 Å². The molecule has 5 heteroatoms. The van der Waals surface area contributed by atoms with Gasteiger partial charge in [-0.25, -0.2) is 0 Å². The molecule has 0 radical (unpaired) electrons. The van der Waals surface area contributed by atoms with Crippen LogP contribution in [0.15, 0.2) is 24.3 Å². The molecule has 128 valence electrons. The SMILES string of the molecule is CCOc1ccccc1N1CCN(CC(=O)N(CC)CC)CC1. The van der Waals surface area contributed by atoms with Gasteiger partial charge in [0.25, 0.3) is 0 Å². The van der Waals surface area contributed by atoms with Crippen LogP contribution in [0.1, 0.15) is 20.8 Å². The van der Waals surface area contributed by atoms with Gasteiger partial charge in [-0.2, -0.15) is 0 Å². The summed E-state index contributed by atoms with van der Waals surface area (Å²) in [4.78, 5) is 18.7. The van der Waals surface area contributed by atoms with Crippen molar-refractivity contribution in [1.82, 2.24) is 9.80 Å². The molecule has 1 heterocycles. The second kappa shape index (κ2) is 8.77. The summed E-state index contributed by atoms with van der Waals surface area (Å²) in [7, 11) is 0. The molecule has 1 saturated heterocycles. The van der Waals surface area contributed by atoms with E-state index in [4.69, 9.17) is 4.74 Å². The van der Waals surface area contributed by atoms with Gasteiger partial charge in [0, 0.05) is 39.3 Å². The van der Waals surface area contributed by atoms with Crippen LogP contribution in [0.2, 0.25) is 0 Å². The van der Waals surface area contributed by atoms with E-state index in [1.807, 2.05) is 43.9 Å². The number of carbonyl (C=O) groups is 1. The summed E-state index contributed by atoms with van der Waals surface area (Å²) in [5, 5.41) is 0. The van der Waals surface area contributed by atoms with E-state index in [1.165, 1.54) is 0 Å². The van der Waals surface area contributed by atoms with Gasteiger partial charge < -0.3 is 14.5 Å². The summed E-state index contributed by atoms with van der Waals surface area (Å²) in [5.41, 5.74) is 1.16. The van der Waals surface area contributed by atoms with E-state index in [9.17, 15) is 4.79 Å². The van der Waals surface area contributed by atoms with E-state index in [0.717, 1.165) is 50.7 Å². The average Bonchev–Trinajstić information content (AvgIpc) is 2.58. The first-order valence-electron chi connectivity index (χ1n) is 8.66. The van der Waals surface area contributed by atoms with E-state index in [2.05, 4.69) is 15.9 Å². The van der Waals surface area contributed by atoms with Crippen molar-refractivity contribution in [2.24, 2.45) is 0 Å². The van der Waals surface area contributed by atoms with Gasteiger partial charge in [-0.05, 0) is 32.9 Å². The zero-order chi connectivity index (χ0) is 16.7. The Kier molecular flexibility index (Phi) is 6.71. The quantitative estimate of drug-likeness (QED) is 0.771. The molecule has 23 heavy (non-hydrogen) atoms. The molecule has 0 spiro atoms. The number of amides is 1. The molecule has 1 fully saturated rings. The number of likely N-dealkylation sites (N-methyl/N-ethyl adjacent to an activating group) is 1. The molecule has 0 N–H and O–H groups in total. The Labute approximate surface area is 139 Å². The third kappa shape index (κ3) is 4.61. The van der Waals surface area contributed by atoms with Crippen molar-refractivity contribution in [3.8, 4) is 5.75 Å². The lowest BCUT2D eigenvalue weighted by Gasteiger charge is -2.37. The fourth-order valence-corrected chi connectivity index (χ4v) is 3.01. The van der Waals surface area contributed by atoms with E-state index in [0.29, 0.717) is 13.2 Å². The predicted octanol–water partition coefficient (Wildman–Crippen LogP) is 2.08. The normalized spacial score (nSPS) is 15.5. The third-order valence-electron chi connectivity index (χ3n) is 4.35. The van der Waals surface area contributed by atoms with Gasteiger partial charge in [0.1, 0.15) is 5.75 Å². The number of nitrogens with zero attached hydrogens (tertiary/aromatic N) is 3. The highest BCUT2D eigenvalue weighted by atomic mass is 16.5. The third-order valence-corrected chi connectivity index (χ3v) is 4.35. The van der Waals surface area contributed by atoms with Gasteiger partial charge >= 0.3 is 0 Å². The molecule has 5 nitrogen and oxygen atoms in total. The van der Waals surface area contributed by atoms with Crippen molar-refractivity contribution < 1.29 is 9.53 Å². The maximum atomic E-state index is 12.2. The van der Waals surface area contributed by atoms with Crippen LogP contribution < -0.4 is 9.64 Å². The van der Waals surface area contributed by atoms with Crippen molar-refractivity contribution in [1.29, 1.82) is 0 Å². The number of piperazine rings is 1. The summed E-state index contributed by atoms with van der Waals surface area (Å²) >= 11 is 0. The minimum atomic E-state index is 0.234. The highest BCUT2D eigenvalue weighted by Crippen LogP contribution is 2.28. The van der Waals surface area contributed by atoms with Crippen molar-refractivity contribution in [3.63, 3.8) is 0 Å². The second-order valence-corrected chi connectivity index (χ2v) is 5.73. The molecule has 0 saturated carbocycles. The molecule has 1 aromatic rings. The number of rotatable bonds is 7. The van der Waals surface area contributed by atoms with E-state index < -0.39 is 0 Å². The number of anilines is 1. The molecular weight excluding hydrogens is 290 g/mol. The predicted molar refractivity (Wildman–Crippen MR) is 94.2 cm³/mol. The number of ether oxygens (including phenoxy) is 1. The Balaban J connectivity index is 1.90. The zero-order valence-electron chi connectivity index (χ0n) is 14.6. The van der Waals surface area contributed by atoms with Gasteiger partial charge in [-0.1, -0.05) is 12.1 Å². The van der Waals surface area contributed by atoms with Crippen molar-refractivity contribution in [3.05, 3.63) is 24.3 Å². The van der Waals surface area contributed by atoms with Gasteiger partial charge in [-0.3, -0.25) is 9.69 Å². The van der Waals surface area contributed by atoms with Crippen LogP contribution >= 0.6 is 0 Å². The van der Waals surface area contributed by atoms with Crippen LogP contribution in [0.5, 0.6) is 5.75 Å². The van der Waals surface area contributed by atoms with E-state index in [-0.39, 0.29) is 5.91 Å². The fraction of sp³-hybridized carbons (Fsp3) is 0.611. The fourth-order valence-electron chi connectivity index (χ4n) is 3.01. The lowest BCUT2D eigenvalue weighted by atomic mass is 10.2. The van der Waals surface area contributed by atoms with Crippen LogP contribution in [0, 0.1) is 0 Å². The van der Waals surface area contributed by atoms with Gasteiger partial charge in [-0.15, -0.1) is 0 Å². The van der Waals surface area contributed by atoms with Gasteiger partial charge in [0.15, 0.2) is 0 Å². The number of hydrogen-bond acceptors (Lipinski definition) is 4. The molecule has 0 aromatic heterocycles. The molecule has 1 aliphatic heterocycles. The lowest BCUT2D eigenvalue weighted by molar-refractivity contribution is -0.132. The summed E-state index contributed by atoms with van der Waals surface area (Å²) in [6.07, 6.45) is 0. The van der Waals surface area contributed by atoms with Crippen LogP contribution in [0.25, 0.3) is 0 Å². The smallest absolute Gasteiger partial charge is 0.236 e. The molecule has 0 bridgehead atoms. The Morgan fingerprint density at radius 1 is 1.09 bits per heavy atom. The van der Waals surface area contributed by atoms with Crippen LogP contribution in [0.4, 0.5) is 5.69 Å². The molecule has 0 aliphatic carbocycles. The van der Waals surface area contributed by atoms with E-state index >= 15 is 0 Å². The van der Waals surface area contributed by atoms with Crippen LogP contribution in [0.3, 0.4) is 0 Å². The Hall–Kier alpha value is -1.75.